The van der Waals surface area contributed by atoms with Crippen LogP contribution in [0.2, 0.25) is 0 Å². The van der Waals surface area contributed by atoms with Crippen molar-refractivity contribution < 1.29 is 33.6 Å². The van der Waals surface area contributed by atoms with Gasteiger partial charge in [-0.15, -0.1) is 0 Å². The van der Waals surface area contributed by atoms with E-state index in [1.807, 2.05) is 0 Å². The van der Waals surface area contributed by atoms with Gasteiger partial charge in [0.05, 0.1) is 25.2 Å². The molecular weight excluding hydrogens is 352 g/mol. The number of unbranched alkanes of at least 4 members (excludes halogenated alkanes) is 5. The van der Waals surface area contributed by atoms with E-state index < -0.39 is 42.5 Å². The van der Waals surface area contributed by atoms with Crippen LogP contribution in [0.1, 0.15) is 72.6 Å². The maximum absolute atomic E-state index is 12.2. The molecule has 1 N–H and O–H groups in total. The van der Waals surface area contributed by atoms with E-state index in [0.717, 1.165) is 19.3 Å². The Kier molecular flexibility index (Phi) is 11.6. The molecule has 1 unspecified atom stereocenters. The number of ether oxygens (including phenoxy) is 4. The zero-order valence-electron chi connectivity index (χ0n) is 17.1. The number of esters is 2. The van der Waals surface area contributed by atoms with E-state index in [0.29, 0.717) is 6.42 Å². The summed E-state index contributed by atoms with van der Waals surface area (Å²) in [6.45, 7) is 7.56. The normalized spacial score (nSPS) is 24.4. The van der Waals surface area contributed by atoms with Gasteiger partial charge in [0.2, 0.25) is 0 Å². The highest BCUT2D eigenvalue weighted by Gasteiger charge is 2.48. The van der Waals surface area contributed by atoms with Gasteiger partial charge in [-0.2, -0.15) is 0 Å². The summed E-state index contributed by atoms with van der Waals surface area (Å²) in [7, 11) is 0. The molecular formula is C20H36O7. The van der Waals surface area contributed by atoms with Gasteiger partial charge < -0.3 is 24.1 Å². The summed E-state index contributed by atoms with van der Waals surface area (Å²) >= 11 is 0. The lowest BCUT2D eigenvalue weighted by atomic mass is 9.96. The molecule has 0 saturated carbocycles. The molecule has 1 aliphatic rings. The van der Waals surface area contributed by atoms with Gasteiger partial charge in [0.25, 0.3) is 0 Å². The largest absolute Gasteiger partial charge is 0.466 e. The van der Waals surface area contributed by atoms with Gasteiger partial charge in [0.1, 0.15) is 6.10 Å². The topological polar surface area (TPSA) is 91.3 Å². The van der Waals surface area contributed by atoms with Crippen molar-refractivity contribution in [2.24, 2.45) is 5.92 Å². The Morgan fingerprint density at radius 3 is 2.22 bits per heavy atom. The Hall–Kier alpha value is -1.18. The molecule has 0 aromatic rings. The molecule has 1 rings (SSSR count). The molecule has 0 amide bonds. The molecule has 0 aliphatic carbocycles. The van der Waals surface area contributed by atoms with Crippen LogP contribution in [0.4, 0.5) is 0 Å². The maximum Gasteiger partial charge on any atom is 0.338 e. The SMILES string of the molecule is CCCCCCCCC1O[C@H]([C@H](O)[C@@H](C)C(=O)OCC)[C@@H](C(=O)OCC)O1. The van der Waals surface area contributed by atoms with Crippen LogP contribution in [-0.4, -0.2) is 54.9 Å². The summed E-state index contributed by atoms with van der Waals surface area (Å²) in [6.07, 6.45) is 3.65. The molecule has 27 heavy (non-hydrogen) atoms. The lowest BCUT2D eigenvalue weighted by molar-refractivity contribution is -0.161. The van der Waals surface area contributed by atoms with Gasteiger partial charge in [-0.25, -0.2) is 4.79 Å². The molecule has 0 spiro atoms. The predicted molar refractivity (Wildman–Crippen MR) is 100.0 cm³/mol. The number of aliphatic hydroxyl groups is 1. The third kappa shape index (κ3) is 7.76. The Morgan fingerprint density at radius 1 is 0.963 bits per heavy atom. The van der Waals surface area contributed by atoms with Gasteiger partial charge in [0.15, 0.2) is 12.4 Å². The van der Waals surface area contributed by atoms with Gasteiger partial charge in [0, 0.05) is 0 Å². The molecule has 7 heteroatoms. The van der Waals surface area contributed by atoms with E-state index in [4.69, 9.17) is 18.9 Å². The quantitative estimate of drug-likeness (QED) is 0.383. The number of aliphatic hydroxyl groups excluding tert-OH is 1. The first-order valence-corrected chi connectivity index (χ1v) is 10.3. The number of hydrogen-bond acceptors (Lipinski definition) is 7. The van der Waals surface area contributed by atoms with E-state index in [9.17, 15) is 14.7 Å². The van der Waals surface area contributed by atoms with Crippen molar-refractivity contribution in [2.75, 3.05) is 13.2 Å². The lowest BCUT2D eigenvalue weighted by Crippen LogP contribution is -2.46. The van der Waals surface area contributed by atoms with Crippen molar-refractivity contribution >= 4 is 11.9 Å². The maximum atomic E-state index is 12.2. The Bertz CT molecular complexity index is 440. The van der Waals surface area contributed by atoms with Crippen LogP contribution in [0.25, 0.3) is 0 Å². The van der Waals surface area contributed by atoms with Crippen molar-refractivity contribution in [3.05, 3.63) is 0 Å². The fourth-order valence-corrected chi connectivity index (χ4v) is 3.12. The van der Waals surface area contributed by atoms with Crippen molar-refractivity contribution in [2.45, 2.75) is 97.2 Å². The molecule has 1 heterocycles. The predicted octanol–water partition coefficient (Wildman–Crippen LogP) is 2.97. The number of hydrogen-bond donors (Lipinski definition) is 1. The fourth-order valence-electron chi connectivity index (χ4n) is 3.12. The summed E-state index contributed by atoms with van der Waals surface area (Å²) in [6, 6.07) is 0. The van der Waals surface area contributed by atoms with Gasteiger partial charge >= 0.3 is 11.9 Å². The lowest BCUT2D eigenvalue weighted by Gasteiger charge is -2.24. The molecule has 0 bridgehead atoms. The molecule has 7 nitrogen and oxygen atoms in total. The van der Waals surface area contributed by atoms with Crippen molar-refractivity contribution in [3.63, 3.8) is 0 Å². The van der Waals surface area contributed by atoms with E-state index in [1.54, 1.807) is 20.8 Å². The van der Waals surface area contributed by atoms with E-state index in [2.05, 4.69) is 6.92 Å². The first-order chi connectivity index (χ1) is 13.0. The average molecular weight is 389 g/mol. The minimum atomic E-state index is -1.21. The number of carbonyl (C=O) groups is 2. The van der Waals surface area contributed by atoms with Gasteiger partial charge in [-0.3, -0.25) is 4.79 Å². The Balaban J connectivity index is 2.63. The minimum absolute atomic E-state index is 0.205. The van der Waals surface area contributed by atoms with E-state index in [-0.39, 0.29) is 13.2 Å². The van der Waals surface area contributed by atoms with Crippen LogP contribution in [-0.2, 0) is 28.5 Å². The molecule has 0 aromatic carbocycles. The summed E-state index contributed by atoms with van der Waals surface area (Å²) in [5.41, 5.74) is 0. The summed E-state index contributed by atoms with van der Waals surface area (Å²) in [4.78, 5) is 24.1. The van der Waals surface area contributed by atoms with Crippen LogP contribution >= 0.6 is 0 Å². The molecule has 158 valence electrons. The second kappa shape index (κ2) is 13.1. The summed E-state index contributed by atoms with van der Waals surface area (Å²) in [5.74, 6) is -1.94. The minimum Gasteiger partial charge on any atom is -0.466 e. The highest BCUT2D eigenvalue weighted by Crippen LogP contribution is 2.29. The summed E-state index contributed by atoms with van der Waals surface area (Å²) < 4.78 is 21.5. The van der Waals surface area contributed by atoms with Gasteiger partial charge in [-0.05, 0) is 33.6 Å². The molecule has 0 aromatic heterocycles. The average Bonchev–Trinajstić information content (AvgIpc) is 3.08. The Labute approximate surface area is 162 Å². The standard InChI is InChI=1S/C20H36O7/c1-5-8-9-10-11-12-13-15-26-17(18(27-15)20(23)25-7-3)16(21)14(4)19(22)24-6-2/h14-18,21H,5-13H2,1-4H3/t14-,15?,16-,17-,18+/m1/s1. The molecule has 0 radical (unpaired) electrons. The Morgan fingerprint density at radius 2 is 1.59 bits per heavy atom. The van der Waals surface area contributed by atoms with Crippen molar-refractivity contribution in [3.8, 4) is 0 Å². The molecule has 1 saturated heterocycles. The zero-order valence-corrected chi connectivity index (χ0v) is 17.1. The van der Waals surface area contributed by atoms with Crippen LogP contribution in [0.5, 0.6) is 0 Å². The van der Waals surface area contributed by atoms with E-state index >= 15 is 0 Å². The second-order valence-corrected chi connectivity index (χ2v) is 6.93. The van der Waals surface area contributed by atoms with Crippen LogP contribution in [0.3, 0.4) is 0 Å². The van der Waals surface area contributed by atoms with E-state index in [1.165, 1.54) is 19.3 Å². The first-order valence-electron chi connectivity index (χ1n) is 10.3. The molecule has 1 aliphatic heterocycles. The van der Waals surface area contributed by atoms with Crippen molar-refractivity contribution in [1.29, 1.82) is 0 Å². The van der Waals surface area contributed by atoms with Crippen molar-refractivity contribution in [1.82, 2.24) is 0 Å². The second-order valence-electron chi connectivity index (χ2n) is 6.93. The zero-order chi connectivity index (χ0) is 20.2. The third-order valence-electron chi connectivity index (χ3n) is 4.73. The van der Waals surface area contributed by atoms with Gasteiger partial charge in [-0.1, -0.05) is 39.0 Å². The monoisotopic (exact) mass is 388 g/mol. The number of rotatable bonds is 13. The van der Waals surface area contributed by atoms with Crippen LogP contribution < -0.4 is 0 Å². The fraction of sp³-hybridized carbons (Fsp3) is 0.900. The first kappa shape index (κ1) is 23.9. The molecule has 1 fully saturated rings. The highest BCUT2D eigenvalue weighted by molar-refractivity contribution is 5.77. The number of carbonyl (C=O) groups excluding carboxylic acids is 2. The summed E-state index contributed by atoms with van der Waals surface area (Å²) in [5, 5.41) is 10.6. The third-order valence-corrected chi connectivity index (χ3v) is 4.73. The van der Waals surface area contributed by atoms with Crippen LogP contribution in [0, 0.1) is 5.92 Å². The van der Waals surface area contributed by atoms with Crippen LogP contribution in [0.15, 0.2) is 0 Å². The highest BCUT2D eigenvalue weighted by atomic mass is 16.7. The smallest absolute Gasteiger partial charge is 0.338 e. The molecule has 5 atom stereocenters.